The van der Waals surface area contributed by atoms with Crippen LogP contribution in [-0.4, -0.2) is 49.3 Å². The average molecular weight is 325 g/mol. The van der Waals surface area contributed by atoms with Crippen molar-refractivity contribution in [3.05, 3.63) is 22.4 Å². The number of carbonyl (C=O) groups is 2. The zero-order valence-corrected chi connectivity index (χ0v) is 13.7. The van der Waals surface area contributed by atoms with Gasteiger partial charge in [0.2, 0.25) is 0 Å². The third-order valence-electron chi connectivity index (χ3n) is 3.59. The molecule has 7 heteroatoms. The minimum absolute atomic E-state index is 0.118. The number of nitrogens with one attached hydrogen (secondary N) is 2. The Morgan fingerprint density at radius 1 is 1.41 bits per heavy atom. The molecule has 1 aliphatic rings. The Bertz CT molecular complexity index is 470. The highest BCUT2D eigenvalue weighted by Gasteiger charge is 2.24. The van der Waals surface area contributed by atoms with E-state index in [-0.39, 0.29) is 18.2 Å². The van der Waals surface area contributed by atoms with Gasteiger partial charge in [-0.2, -0.15) is 0 Å². The number of urea groups is 1. The van der Waals surface area contributed by atoms with Gasteiger partial charge in [-0.05, 0) is 37.6 Å². The van der Waals surface area contributed by atoms with E-state index in [0.29, 0.717) is 26.2 Å². The van der Waals surface area contributed by atoms with E-state index in [9.17, 15) is 9.59 Å². The fraction of sp³-hybridized carbons (Fsp3) is 0.600. The van der Waals surface area contributed by atoms with Crippen LogP contribution in [0, 0.1) is 0 Å². The van der Waals surface area contributed by atoms with Gasteiger partial charge in [0.15, 0.2) is 0 Å². The number of amides is 3. The quantitative estimate of drug-likeness (QED) is 0.872. The van der Waals surface area contributed by atoms with Crippen LogP contribution >= 0.6 is 11.3 Å². The summed E-state index contributed by atoms with van der Waals surface area (Å²) in [6, 6.07) is 4.06. The van der Waals surface area contributed by atoms with E-state index in [4.69, 9.17) is 4.74 Å². The van der Waals surface area contributed by atoms with Gasteiger partial charge in [-0.15, -0.1) is 11.3 Å². The van der Waals surface area contributed by atoms with Crippen molar-refractivity contribution in [3.8, 4) is 0 Å². The molecule has 2 rings (SSSR count). The zero-order valence-electron chi connectivity index (χ0n) is 12.8. The fourth-order valence-electron chi connectivity index (χ4n) is 2.41. The van der Waals surface area contributed by atoms with Crippen molar-refractivity contribution in [2.24, 2.45) is 0 Å². The molecule has 0 radical (unpaired) electrons. The molecule has 1 aromatic heterocycles. The number of hydrogen-bond donors (Lipinski definition) is 2. The molecule has 0 spiro atoms. The minimum Gasteiger partial charge on any atom is -0.450 e. The molecule has 0 unspecified atom stereocenters. The molecule has 6 nitrogen and oxygen atoms in total. The van der Waals surface area contributed by atoms with E-state index in [0.717, 1.165) is 19.3 Å². The summed E-state index contributed by atoms with van der Waals surface area (Å²) >= 11 is 1.70. The normalized spacial score (nSPS) is 15.4. The molecule has 22 heavy (non-hydrogen) atoms. The van der Waals surface area contributed by atoms with E-state index >= 15 is 0 Å². The SMILES string of the molecule is CCOC(=O)N1CCC(NC(=O)NCCc2cccs2)CC1. The topological polar surface area (TPSA) is 70.7 Å². The second kappa shape index (κ2) is 8.63. The number of piperidine rings is 1. The van der Waals surface area contributed by atoms with Gasteiger partial charge in [0.25, 0.3) is 0 Å². The number of likely N-dealkylation sites (tertiary alicyclic amines) is 1. The number of rotatable bonds is 5. The average Bonchev–Trinajstić information content (AvgIpc) is 3.01. The zero-order chi connectivity index (χ0) is 15.8. The van der Waals surface area contributed by atoms with Gasteiger partial charge in [-0.1, -0.05) is 6.07 Å². The molecule has 0 aromatic carbocycles. The first kappa shape index (κ1) is 16.6. The van der Waals surface area contributed by atoms with E-state index < -0.39 is 0 Å². The highest BCUT2D eigenvalue weighted by Crippen LogP contribution is 2.11. The lowest BCUT2D eigenvalue weighted by Crippen LogP contribution is -2.49. The number of hydrogen-bond acceptors (Lipinski definition) is 4. The van der Waals surface area contributed by atoms with E-state index in [1.165, 1.54) is 4.88 Å². The fourth-order valence-corrected chi connectivity index (χ4v) is 3.12. The van der Waals surface area contributed by atoms with Gasteiger partial charge >= 0.3 is 12.1 Å². The van der Waals surface area contributed by atoms with Crippen molar-refractivity contribution in [1.82, 2.24) is 15.5 Å². The summed E-state index contributed by atoms with van der Waals surface area (Å²) in [5.41, 5.74) is 0. The molecule has 2 heterocycles. The van der Waals surface area contributed by atoms with Crippen LogP contribution in [0.3, 0.4) is 0 Å². The monoisotopic (exact) mass is 325 g/mol. The Morgan fingerprint density at radius 3 is 2.82 bits per heavy atom. The molecule has 1 aliphatic heterocycles. The highest BCUT2D eigenvalue weighted by molar-refractivity contribution is 7.09. The van der Waals surface area contributed by atoms with Crippen LogP contribution < -0.4 is 10.6 Å². The van der Waals surface area contributed by atoms with Gasteiger partial charge in [0, 0.05) is 30.6 Å². The molecule has 1 fully saturated rings. The summed E-state index contributed by atoms with van der Waals surface area (Å²) in [5, 5.41) is 7.87. The van der Waals surface area contributed by atoms with Crippen molar-refractivity contribution in [1.29, 1.82) is 0 Å². The van der Waals surface area contributed by atoms with Crippen molar-refractivity contribution in [2.45, 2.75) is 32.2 Å². The summed E-state index contributed by atoms with van der Waals surface area (Å²) in [5.74, 6) is 0. The molecule has 122 valence electrons. The summed E-state index contributed by atoms with van der Waals surface area (Å²) in [4.78, 5) is 26.4. The molecule has 2 N–H and O–H groups in total. The van der Waals surface area contributed by atoms with Crippen molar-refractivity contribution >= 4 is 23.5 Å². The van der Waals surface area contributed by atoms with E-state index in [1.807, 2.05) is 11.4 Å². The third kappa shape index (κ3) is 5.22. The van der Waals surface area contributed by atoms with Crippen LogP contribution in [0.2, 0.25) is 0 Å². The first-order valence-corrected chi connectivity index (χ1v) is 8.55. The number of thiophene rings is 1. The van der Waals surface area contributed by atoms with Crippen molar-refractivity contribution in [3.63, 3.8) is 0 Å². The van der Waals surface area contributed by atoms with Gasteiger partial charge in [0.1, 0.15) is 0 Å². The Morgan fingerprint density at radius 2 is 2.18 bits per heavy atom. The summed E-state index contributed by atoms with van der Waals surface area (Å²) < 4.78 is 4.97. The maximum Gasteiger partial charge on any atom is 0.409 e. The van der Waals surface area contributed by atoms with Crippen molar-refractivity contribution in [2.75, 3.05) is 26.2 Å². The molecule has 0 bridgehead atoms. The summed E-state index contributed by atoms with van der Waals surface area (Å²) in [6.07, 6.45) is 2.11. The van der Waals surface area contributed by atoms with Gasteiger partial charge in [-0.25, -0.2) is 9.59 Å². The predicted molar refractivity (Wildman–Crippen MR) is 86.2 cm³/mol. The summed E-state index contributed by atoms with van der Waals surface area (Å²) in [6.45, 7) is 4.07. The second-order valence-electron chi connectivity index (χ2n) is 5.19. The van der Waals surface area contributed by atoms with Crippen LogP contribution in [0.15, 0.2) is 17.5 Å². The first-order chi connectivity index (χ1) is 10.7. The van der Waals surface area contributed by atoms with E-state index in [2.05, 4.69) is 16.7 Å². The van der Waals surface area contributed by atoms with Gasteiger partial charge < -0.3 is 20.3 Å². The number of carbonyl (C=O) groups excluding carboxylic acids is 2. The highest BCUT2D eigenvalue weighted by atomic mass is 32.1. The lowest BCUT2D eigenvalue weighted by molar-refractivity contribution is 0.0957. The molecule has 0 aliphatic carbocycles. The molecule has 3 amide bonds. The van der Waals surface area contributed by atoms with Crippen LogP contribution in [-0.2, 0) is 11.2 Å². The molecule has 1 aromatic rings. The number of ether oxygens (including phenoxy) is 1. The maximum atomic E-state index is 11.8. The molecule has 0 saturated carbocycles. The molecule has 1 saturated heterocycles. The minimum atomic E-state index is -0.263. The van der Waals surface area contributed by atoms with Crippen LogP contribution in [0.25, 0.3) is 0 Å². The Balaban J connectivity index is 1.61. The van der Waals surface area contributed by atoms with Crippen LogP contribution in [0.4, 0.5) is 9.59 Å². The van der Waals surface area contributed by atoms with Gasteiger partial charge in [0.05, 0.1) is 6.61 Å². The molecule has 0 atom stereocenters. The standard InChI is InChI=1S/C15H23N3O3S/c1-2-21-15(20)18-9-6-12(7-10-18)17-14(19)16-8-5-13-4-3-11-22-13/h3-4,11-12H,2,5-10H2,1H3,(H2,16,17,19). The molecular formula is C15H23N3O3S. The maximum absolute atomic E-state index is 11.8. The Labute approximate surface area is 134 Å². The van der Waals surface area contributed by atoms with E-state index in [1.54, 1.807) is 23.2 Å². The Hall–Kier alpha value is -1.76. The lowest BCUT2D eigenvalue weighted by Gasteiger charge is -2.31. The molecular weight excluding hydrogens is 302 g/mol. The summed E-state index contributed by atoms with van der Waals surface area (Å²) in [7, 11) is 0. The Kier molecular flexibility index (Phi) is 6.51. The predicted octanol–water partition coefficient (Wildman–Crippen LogP) is 2.21. The van der Waals surface area contributed by atoms with Crippen LogP contribution in [0.5, 0.6) is 0 Å². The van der Waals surface area contributed by atoms with Crippen LogP contribution in [0.1, 0.15) is 24.6 Å². The first-order valence-electron chi connectivity index (χ1n) is 7.67. The number of nitrogens with zero attached hydrogens (tertiary/aromatic N) is 1. The lowest BCUT2D eigenvalue weighted by atomic mass is 10.1. The van der Waals surface area contributed by atoms with Gasteiger partial charge in [-0.3, -0.25) is 0 Å². The smallest absolute Gasteiger partial charge is 0.409 e. The van der Waals surface area contributed by atoms with Crippen molar-refractivity contribution < 1.29 is 14.3 Å². The largest absolute Gasteiger partial charge is 0.450 e. The third-order valence-corrected chi connectivity index (χ3v) is 4.53. The second-order valence-corrected chi connectivity index (χ2v) is 6.22.